The summed E-state index contributed by atoms with van der Waals surface area (Å²) in [5.41, 5.74) is 1.58. The summed E-state index contributed by atoms with van der Waals surface area (Å²) in [6, 6.07) is 1.89. The van der Waals surface area contributed by atoms with E-state index in [-0.39, 0.29) is 25.0 Å². The Labute approximate surface area is 121 Å². The highest BCUT2D eigenvalue weighted by atomic mass is 32.1. The molecule has 0 saturated carbocycles. The van der Waals surface area contributed by atoms with Crippen molar-refractivity contribution in [3.63, 3.8) is 0 Å². The summed E-state index contributed by atoms with van der Waals surface area (Å²) in [5, 5.41) is 15.5. The van der Waals surface area contributed by atoms with E-state index in [9.17, 15) is 4.79 Å². The third-order valence-electron chi connectivity index (χ3n) is 2.96. The second-order valence-electron chi connectivity index (χ2n) is 4.69. The van der Waals surface area contributed by atoms with Crippen LogP contribution in [0.15, 0.2) is 21.2 Å². The molecule has 108 valence electrons. The second kappa shape index (κ2) is 6.67. The van der Waals surface area contributed by atoms with Crippen LogP contribution in [0.1, 0.15) is 24.8 Å². The number of aliphatic hydroxyl groups is 1. The maximum absolute atomic E-state index is 11.9. The van der Waals surface area contributed by atoms with Gasteiger partial charge in [0.25, 0.3) is 0 Å². The zero-order valence-corrected chi connectivity index (χ0v) is 12.4. The molecule has 2 aromatic heterocycles. The molecule has 0 spiro atoms. The normalized spacial score (nSPS) is 12.3. The summed E-state index contributed by atoms with van der Waals surface area (Å²) in [4.78, 5) is 16.2. The van der Waals surface area contributed by atoms with Gasteiger partial charge < -0.3 is 14.8 Å². The van der Waals surface area contributed by atoms with E-state index in [4.69, 9.17) is 9.52 Å². The lowest BCUT2D eigenvalue weighted by molar-refractivity contribution is -0.121. The predicted molar refractivity (Wildman–Crippen MR) is 77.6 cm³/mol. The molecule has 2 N–H and O–H groups in total. The zero-order valence-electron chi connectivity index (χ0n) is 11.5. The minimum absolute atomic E-state index is 0.0453. The molecule has 5 nitrogen and oxygen atoms in total. The van der Waals surface area contributed by atoms with Gasteiger partial charge >= 0.3 is 0 Å². The van der Waals surface area contributed by atoms with E-state index in [2.05, 4.69) is 10.3 Å². The van der Waals surface area contributed by atoms with Crippen LogP contribution in [-0.4, -0.2) is 28.6 Å². The molecule has 0 aliphatic carbocycles. The van der Waals surface area contributed by atoms with Crippen LogP contribution in [0.2, 0.25) is 0 Å². The number of hydrogen-bond donors (Lipinski definition) is 2. The Hall–Kier alpha value is -1.66. The van der Waals surface area contributed by atoms with Gasteiger partial charge in [0.2, 0.25) is 11.8 Å². The van der Waals surface area contributed by atoms with Crippen LogP contribution < -0.4 is 5.32 Å². The summed E-state index contributed by atoms with van der Waals surface area (Å²) in [5.74, 6) is 1.10. The molecule has 1 amide bonds. The summed E-state index contributed by atoms with van der Waals surface area (Å²) < 4.78 is 5.59. The molecule has 2 heterocycles. The van der Waals surface area contributed by atoms with Gasteiger partial charge in [0, 0.05) is 23.6 Å². The number of oxazole rings is 1. The summed E-state index contributed by atoms with van der Waals surface area (Å²) in [6.07, 6.45) is 0.735. The molecule has 0 radical (unpaired) electrons. The van der Waals surface area contributed by atoms with Crippen molar-refractivity contribution in [2.75, 3.05) is 6.61 Å². The highest BCUT2D eigenvalue weighted by molar-refractivity contribution is 7.08. The van der Waals surface area contributed by atoms with Crippen LogP contribution >= 0.6 is 11.3 Å². The maximum atomic E-state index is 11.9. The SMILES string of the molecule is Cc1oc(-c2ccsc2)nc1CC(=O)NC(C)CCO. The Morgan fingerprint density at radius 3 is 3.05 bits per heavy atom. The quantitative estimate of drug-likeness (QED) is 0.856. The maximum Gasteiger partial charge on any atom is 0.227 e. The van der Waals surface area contributed by atoms with Gasteiger partial charge in [0.15, 0.2) is 0 Å². The predicted octanol–water partition coefficient (Wildman–Crippen LogP) is 2.14. The van der Waals surface area contributed by atoms with E-state index in [1.54, 1.807) is 11.3 Å². The van der Waals surface area contributed by atoms with Crippen molar-refractivity contribution in [2.24, 2.45) is 0 Å². The highest BCUT2D eigenvalue weighted by Gasteiger charge is 2.15. The lowest BCUT2D eigenvalue weighted by atomic mass is 10.2. The van der Waals surface area contributed by atoms with Crippen molar-refractivity contribution in [1.29, 1.82) is 0 Å². The van der Waals surface area contributed by atoms with Crippen LogP contribution in [-0.2, 0) is 11.2 Å². The molecule has 0 saturated heterocycles. The average Bonchev–Trinajstić information content (AvgIpc) is 3.00. The molecule has 1 unspecified atom stereocenters. The first-order valence-electron chi connectivity index (χ1n) is 6.49. The molecule has 0 bridgehead atoms. The number of amides is 1. The van der Waals surface area contributed by atoms with Crippen molar-refractivity contribution in [1.82, 2.24) is 10.3 Å². The number of aliphatic hydroxyl groups excluding tert-OH is 1. The number of aryl methyl sites for hydroxylation is 1. The number of carbonyl (C=O) groups excluding carboxylic acids is 1. The highest BCUT2D eigenvalue weighted by Crippen LogP contribution is 2.23. The van der Waals surface area contributed by atoms with Crippen LogP contribution in [0, 0.1) is 6.92 Å². The fourth-order valence-electron chi connectivity index (χ4n) is 1.85. The Kier molecular flexibility index (Phi) is 4.92. The minimum Gasteiger partial charge on any atom is -0.441 e. The molecule has 0 aromatic carbocycles. The van der Waals surface area contributed by atoms with Gasteiger partial charge in [-0.1, -0.05) is 0 Å². The lowest BCUT2D eigenvalue weighted by Crippen LogP contribution is -2.34. The molecule has 2 aromatic rings. The van der Waals surface area contributed by atoms with Crippen molar-refractivity contribution < 1.29 is 14.3 Å². The smallest absolute Gasteiger partial charge is 0.227 e. The van der Waals surface area contributed by atoms with Gasteiger partial charge in [-0.15, -0.1) is 0 Å². The number of nitrogens with zero attached hydrogens (tertiary/aromatic N) is 1. The van der Waals surface area contributed by atoms with E-state index in [0.717, 1.165) is 5.56 Å². The molecular weight excluding hydrogens is 276 g/mol. The van der Waals surface area contributed by atoms with E-state index >= 15 is 0 Å². The fraction of sp³-hybridized carbons (Fsp3) is 0.429. The molecule has 20 heavy (non-hydrogen) atoms. The van der Waals surface area contributed by atoms with Gasteiger partial charge in [-0.2, -0.15) is 11.3 Å². The summed E-state index contributed by atoms with van der Waals surface area (Å²) in [7, 11) is 0. The molecule has 1 atom stereocenters. The fourth-order valence-corrected chi connectivity index (χ4v) is 2.48. The third kappa shape index (κ3) is 3.68. The summed E-state index contributed by atoms with van der Waals surface area (Å²) in [6.45, 7) is 3.73. The Morgan fingerprint density at radius 2 is 2.40 bits per heavy atom. The van der Waals surface area contributed by atoms with Crippen molar-refractivity contribution in [3.8, 4) is 11.5 Å². The Bertz CT molecular complexity index is 563. The van der Waals surface area contributed by atoms with E-state index in [0.29, 0.717) is 23.8 Å². The van der Waals surface area contributed by atoms with Gasteiger partial charge in [-0.25, -0.2) is 4.98 Å². The van der Waals surface area contributed by atoms with Gasteiger partial charge in [-0.3, -0.25) is 4.79 Å². The largest absolute Gasteiger partial charge is 0.441 e. The van der Waals surface area contributed by atoms with E-state index in [1.165, 1.54) is 0 Å². The first-order chi connectivity index (χ1) is 9.60. The standard InChI is InChI=1S/C14H18N2O3S/c1-9(3-5-17)15-13(18)7-12-10(2)19-14(16-12)11-4-6-20-8-11/h4,6,8-9,17H,3,5,7H2,1-2H3,(H,15,18). The molecule has 6 heteroatoms. The monoisotopic (exact) mass is 294 g/mol. The molecular formula is C14H18N2O3S. The molecule has 0 aliphatic rings. The number of rotatable bonds is 6. The van der Waals surface area contributed by atoms with Crippen molar-refractivity contribution >= 4 is 17.2 Å². The Morgan fingerprint density at radius 1 is 1.60 bits per heavy atom. The Balaban J connectivity index is 2.01. The van der Waals surface area contributed by atoms with Crippen molar-refractivity contribution in [3.05, 3.63) is 28.3 Å². The van der Waals surface area contributed by atoms with Crippen LogP contribution in [0.25, 0.3) is 11.5 Å². The molecule has 0 aliphatic heterocycles. The van der Waals surface area contributed by atoms with Crippen molar-refractivity contribution in [2.45, 2.75) is 32.7 Å². The zero-order chi connectivity index (χ0) is 14.5. The van der Waals surface area contributed by atoms with Crippen LogP contribution in [0.4, 0.5) is 0 Å². The van der Waals surface area contributed by atoms with E-state index in [1.807, 2.05) is 30.7 Å². The number of carbonyl (C=O) groups is 1. The number of thiophene rings is 1. The first-order valence-corrected chi connectivity index (χ1v) is 7.43. The van der Waals surface area contributed by atoms with Crippen LogP contribution in [0.5, 0.6) is 0 Å². The van der Waals surface area contributed by atoms with Gasteiger partial charge in [-0.05, 0) is 31.7 Å². The molecule has 2 rings (SSSR count). The average molecular weight is 294 g/mol. The topological polar surface area (TPSA) is 75.4 Å². The summed E-state index contributed by atoms with van der Waals surface area (Å²) >= 11 is 1.57. The number of nitrogens with one attached hydrogen (secondary N) is 1. The van der Waals surface area contributed by atoms with Crippen LogP contribution in [0.3, 0.4) is 0 Å². The first kappa shape index (κ1) is 14.7. The van der Waals surface area contributed by atoms with E-state index < -0.39 is 0 Å². The molecule has 0 fully saturated rings. The van der Waals surface area contributed by atoms with Gasteiger partial charge in [0.1, 0.15) is 5.76 Å². The third-order valence-corrected chi connectivity index (χ3v) is 3.64. The minimum atomic E-state index is -0.112. The number of hydrogen-bond acceptors (Lipinski definition) is 5. The van der Waals surface area contributed by atoms with Gasteiger partial charge in [0.05, 0.1) is 12.1 Å². The number of aromatic nitrogens is 1. The lowest BCUT2D eigenvalue weighted by Gasteiger charge is -2.11. The second-order valence-corrected chi connectivity index (χ2v) is 5.47.